The Bertz CT molecular complexity index is 748. The first-order valence-corrected chi connectivity index (χ1v) is 9.36. The van der Waals surface area contributed by atoms with Gasteiger partial charge in [-0.15, -0.1) is 11.3 Å². The van der Waals surface area contributed by atoms with E-state index in [4.69, 9.17) is 4.74 Å². The van der Waals surface area contributed by atoms with E-state index >= 15 is 0 Å². The monoisotopic (exact) mass is 401 g/mol. The standard InChI is InChI=1S/C17H22F3N5OS/c1-3-12-10-24-14(27-12)11-25-16(21-4-2)23-8-9-26-15-13(17(18,19)20)6-5-7-22-15/h5-7,10H,3-4,8-9,11H2,1-2H3,(H2,21,23,25). The number of aromatic nitrogens is 2. The van der Waals surface area contributed by atoms with Crippen LogP contribution in [-0.2, 0) is 19.1 Å². The van der Waals surface area contributed by atoms with Gasteiger partial charge in [-0.2, -0.15) is 13.2 Å². The van der Waals surface area contributed by atoms with Crippen LogP contribution in [0.1, 0.15) is 29.3 Å². The molecule has 0 amide bonds. The van der Waals surface area contributed by atoms with Crippen molar-refractivity contribution < 1.29 is 17.9 Å². The molecule has 0 aliphatic carbocycles. The topological polar surface area (TPSA) is 71.4 Å². The molecule has 27 heavy (non-hydrogen) atoms. The van der Waals surface area contributed by atoms with Crippen LogP contribution in [0, 0.1) is 0 Å². The number of guanidine groups is 1. The van der Waals surface area contributed by atoms with Crippen LogP contribution in [-0.4, -0.2) is 35.6 Å². The second-order valence-corrected chi connectivity index (χ2v) is 6.60. The highest BCUT2D eigenvalue weighted by Gasteiger charge is 2.34. The van der Waals surface area contributed by atoms with Crippen molar-refractivity contribution in [2.45, 2.75) is 33.0 Å². The van der Waals surface area contributed by atoms with Crippen LogP contribution in [0.15, 0.2) is 29.5 Å². The molecule has 0 saturated carbocycles. The van der Waals surface area contributed by atoms with Crippen LogP contribution in [0.5, 0.6) is 5.88 Å². The van der Waals surface area contributed by atoms with Crippen molar-refractivity contribution in [3.63, 3.8) is 0 Å². The van der Waals surface area contributed by atoms with Crippen molar-refractivity contribution >= 4 is 17.3 Å². The van der Waals surface area contributed by atoms with E-state index in [0.29, 0.717) is 19.0 Å². The molecule has 6 nitrogen and oxygen atoms in total. The summed E-state index contributed by atoms with van der Waals surface area (Å²) < 4.78 is 43.9. The predicted molar refractivity (Wildman–Crippen MR) is 99.0 cm³/mol. The van der Waals surface area contributed by atoms with Crippen molar-refractivity contribution in [3.8, 4) is 5.88 Å². The molecule has 0 atom stereocenters. The van der Waals surface area contributed by atoms with Gasteiger partial charge in [-0.25, -0.2) is 15.0 Å². The first kappa shape index (κ1) is 20.9. The van der Waals surface area contributed by atoms with Crippen molar-refractivity contribution in [1.29, 1.82) is 0 Å². The van der Waals surface area contributed by atoms with Crippen LogP contribution in [0.2, 0.25) is 0 Å². The van der Waals surface area contributed by atoms with E-state index in [9.17, 15) is 13.2 Å². The Morgan fingerprint density at radius 3 is 2.74 bits per heavy atom. The minimum atomic E-state index is -4.50. The fourth-order valence-electron chi connectivity index (χ4n) is 2.11. The second kappa shape index (κ2) is 10.1. The molecule has 148 valence electrons. The van der Waals surface area contributed by atoms with Gasteiger partial charge in [0.2, 0.25) is 5.88 Å². The third-order valence-corrected chi connectivity index (χ3v) is 4.50. The Morgan fingerprint density at radius 1 is 1.26 bits per heavy atom. The van der Waals surface area contributed by atoms with Gasteiger partial charge in [-0.1, -0.05) is 6.92 Å². The van der Waals surface area contributed by atoms with Crippen LogP contribution < -0.4 is 15.4 Å². The maximum absolute atomic E-state index is 12.9. The average Bonchev–Trinajstić information content (AvgIpc) is 3.10. The number of rotatable bonds is 8. The number of hydrogen-bond donors (Lipinski definition) is 2. The zero-order valence-electron chi connectivity index (χ0n) is 15.1. The third kappa shape index (κ3) is 6.70. The lowest BCUT2D eigenvalue weighted by Crippen LogP contribution is -2.39. The number of thiazole rings is 1. The molecule has 2 N–H and O–H groups in total. The normalized spacial score (nSPS) is 12.1. The lowest BCUT2D eigenvalue weighted by molar-refractivity contribution is -0.139. The van der Waals surface area contributed by atoms with Crippen molar-refractivity contribution in [2.75, 3.05) is 19.7 Å². The summed E-state index contributed by atoms with van der Waals surface area (Å²) in [6.45, 7) is 5.37. The Morgan fingerprint density at radius 2 is 2.07 bits per heavy atom. The molecule has 2 rings (SSSR count). The first-order valence-electron chi connectivity index (χ1n) is 8.54. The Hall–Kier alpha value is -2.36. The zero-order valence-corrected chi connectivity index (χ0v) is 16.0. The smallest absolute Gasteiger partial charge is 0.421 e. The number of nitrogens with one attached hydrogen (secondary N) is 2. The van der Waals surface area contributed by atoms with Crippen molar-refractivity contribution in [3.05, 3.63) is 40.0 Å². The van der Waals surface area contributed by atoms with Gasteiger partial charge in [0.1, 0.15) is 17.2 Å². The highest BCUT2D eigenvalue weighted by molar-refractivity contribution is 7.11. The molecule has 0 aromatic carbocycles. The maximum Gasteiger partial charge on any atom is 0.421 e. The summed E-state index contributed by atoms with van der Waals surface area (Å²) in [6.07, 6.45) is -0.458. The number of nitrogens with zero attached hydrogens (tertiary/aromatic N) is 3. The quantitative estimate of drug-likeness (QED) is 0.404. The molecule has 0 bridgehead atoms. The van der Waals surface area contributed by atoms with Gasteiger partial charge in [0.05, 0.1) is 13.1 Å². The van der Waals surface area contributed by atoms with Gasteiger partial charge in [0.25, 0.3) is 0 Å². The van der Waals surface area contributed by atoms with Crippen LogP contribution in [0.3, 0.4) is 0 Å². The third-order valence-electron chi connectivity index (χ3n) is 3.38. The largest absolute Gasteiger partial charge is 0.475 e. The molecule has 0 spiro atoms. The SMILES string of the molecule is CCNC(=NCc1ncc(CC)s1)NCCOc1ncccc1C(F)(F)F. The van der Waals surface area contributed by atoms with E-state index in [0.717, 1.165) is 17.5 Å². The summed E-state index contributed by atoms with van der Waals surface area (Å²) in [7, 11) is 0. The predicted octanol–water partition coefficient (Wildman–Crippen LogP) is 3.25. The Labute approximate surface area is 159 Å². The van der Waals surface area contributed by atoms with E-state index in [1.54, 1.807) is 11.3 Å². The minimum Gasteiger partial charge on any atom is -0.475 e. The van der Waals surface area contributed by atoms with E-state index in [-0.39, 0.29) is 13.2 Å². The molecule has 0 unspecified atom stereocenters. The van der Waals surface area contributed by atoms with Gasteiger partial charge >= 0.3 is 6.18 Å². The molecule has 2 aromatic heterocycles. The van der Waals surface area contributed by atoms with Crippen LogP contribution in [0.4, 0.5) is 13.2 Å². The maximum atomic E-state index is 12.9. The van der Waals surface area contributed by atoms with Gasteiger partial charge in [-0.3, -0.25) is 0 Å². The summed E-state index contributed by atoms with van der Waals surface area (Å²) >= 11 is 1.61. The van der Waals surface area contributed by atoms with Crippen molar-refractivity contribution in [1.82, 2.24) is 20.6 Å². The summed E-state index contributed by atoms with van der Waals surface area (Å²) in [5.41, 5.74) is -0.888. The van der Waals surface area contributed by atoms with E-state index < -0.39 is 17.6 Å². The van der Waals surface area contributed by atoms with Gasteiger partial charge < -0.3 is 15.4 Å². The van der Waals surface area contributed by atoms with Crippen LogP contribution >= 0.6 is 11.3 Å². The molecule has 0 saturated heterocycles. The molecule has 0 radical (unpaired) electrons. The number of hydrogen-bond acceptors (Lipinski definition) is 5. The Kier molecular flexibility index (Phi) is 7.83. The summed E-state index contributed by atoms with van der Waals surface area (Å²) in [5.74, 6) is 0.120. The average molecular weight is 401 g/mol. The molecule has 2 aromatic rings. The minimum absolute atomic E-state index is 0.0156. The fourth-order valence-corrected chi connectivity index (χ4v) is 2.90. The number of halogens is 3. The number of pyridine rings is 1. The summed E-state index contributed by atoms with van der Waals surface area (Å²) in [5, 5.41) is 7.00. The van der Waals surface area contributed by atoms with E-state index in [2.05, 4.69) is 32.5 Å². The lowest BCUT2D eigenvalue weighted by Gasteiger charge is -2.14. The number of aliphatic imine (C=N–C) groups is 1. The summed E-state index contributed by atoms with van der Waals surface area (Å²) in [4.78, 5) is 13.6. The highest BCUT2D eigenvalue weighted by Crippen LogP contribution is 2.34. The molecule has 0 aliphatic rings. The van der Waals surface area contributed by atoms with Crippen LogP contribution in [0.25, 0.3) is 0 Å². The molecular formula is C17H22F3N5OS. The second-order valence-electron chi connectivity index (χ2n) is 5.40. The molecule has 0 aliphatic heterocycles. The zero-order chi connectivity index (χ0) is 19.7. The number of alkyl halides is 3. The molecule has 0 fully saturated rings. The van der Waals surface area contributed by atoms with Gasteiger partial charge in [-0.05, 0) is 25.5 Å². The van der Waals surface area contributed by atoms with Gasteiger partial charge in [0.15, 0.2) is 5.96 Å². The fraction of sp³-hybridized carbons (Fsp3) is 0.471. The van der Waals surface area contributed by atoms with Crippen molar-refractivity contribution in [2.24, 2.45) is 4.99 Å². The number of ether oxygens (including phenoxy) is 1. The molecule has 2 heterocycles. The van der Waals surface area contributed by atoms with E-state index in [1.807, 2.05) is 13.1 Å². The van der Waals surface area contributed by atoms with Gasteiger partial charge in [0, 0.05) is 23.8 Å². The highest BCUT2D eigenvalue weighted by atomic mass is 32.1. The molecule has 10 heteroatoms. The molecular weight excluding hydrogens is 379 g/mol. The number of aryl methyl sites for hydroxylation is 1. The van der Waals surface area contributed by atoms with E-state index in [1.165, 1.54) is 17.1 Å². The first-order chi connectivity index (χ1) is 12.9. The summed E-state index contributed by atoms with van der Waals surface area (Å²) in [6, 6.07) is 2.17. The lowest BCUT2D eigenvalue weighted by atomic mass is 10.2. The Balaban J connectivity index is 1.87.